The van der Waals surface area contributed by atoms with E-state index in [1.54, 1.807) is 40.9 Å². The van der Waals surface area contributed by atoms with Crippen LogP contribution in [0.4, 0.5) is 9.18 Å². The van der Waals surface area contributed by atoms with Gasteiger partial charge in [-0.2, -0.15) is 0 Å². The van der Waals surface area contributed by atoms with Gasteiger partial charge < -0.3 is 19.5 Å². The molecule has 3 aliphatic heterocycles. The standard InChI is InChI=1S/C37H43FN3O9P/c1-6-36-23-47-51(44,48-24-46-33(42)35(2,3)4)50-31(36)30(38)32(49-36)41-22-21-29(39-34(41)43)40-37(25-13-9-7-10-14-25,26-15-11-8-12-16-26)27-17-19-28(45-5)20-18-27/h7-22,29-32,40H,6,23-24H2,1-5H3,(H,39,43)/t29?,30-,31+,32-,36-,51?/m1/s1. The van der Waals surface area contributed by atoms with E-state index in [4.69, 9.17) is 27.8 Å². The number of rotatable bonds is 11. The number of benzene rings is 3. The summed E-state index contributed by atoms with van der Waals surface area (Å²) in [7, 11) is -2.74. The SMILES string of the molecule is CC[C@@]12COP(=O)(OCOC(=O)C(C)(C)C)O[C@H]1[C@@H](F)[C@H](N1C=CC(NC(c3ccccc3)(c3ccccc3)c3ccc(OC)cc3)NC1=O)O2. The minimum Gasteiger partial charge on any atom is -0.497 e. The second kappa shape index (κ2) is 14.5. The average molecular weight is 724 g/mol. The highest BCUT2D eigenvalue weighted by Gasteiger charge is 2.64. The summed E-state index contributed by atoms with van der Waals surface area (Å²) in [5, 5.41) is 6.62. The quantitative estimate of drug-likeness (QED) is 0.0995. The molecule has 6 rings (SSSR count). The van der Waals surface area contributed by atoms with Crippen LogP contribution in [0.5, 0.6) is 5.75 Å². The molecule has 2 saturated heterocycles. The third-order valence-corrected chi connectivity index (χ3v) is 10.6. The maximum absolute atomic E-state index is 16.3. The number of esters is 1. The van der Waals surface area contributed by atoms with Gasteiger partial charge in [0.25, 0.3) is 0 Å². The minimum atomic E-state index is -4.35. The van der Waals surface area contributed by atoms with Gasteiger partial charge in [0.2, 0.25) is 6.79 Å². The van der Waals surface area contributed by atoms with Gasteiger partial charge in [0.05, 0.1) is 24.7 Å². The number of nitrogens with one attached hydrogen (secondary N) is 2. The summed E-state index contributed by atoms with van der Waals surface area (Å²) in [6.07, 6.45) is -2.10. The molecular weight excluding hydrogens is 680 g/mol. The van der Waals surface area contributed by atoms with Gasteiger partial charge >= 0.3 is 19.8 Å². The van der Waals surface area contributed by atoms with E-state index in [2.05, 4.69) is 10.6 Å². The Kier molecular flexibility index (Phi) is 10.4. The number of phosphoric acid groups is 1. The molecule has 2 unspecified atom stereocenters. The summed E-state index contributed by atoms with van der Waals surface area (Å²) < 4.78 is 62.5. The largest absolute Gasteiger partial charge is 0.497 e. The molecule has 3 aromatic rings. The molecule has 0 bridgehead atoms. The zero-order valence-corrected chi connectivity index (χ0v) is 30.0. The fraction of sp³-hybridized carbons (Fsp3) is 0.405. The highest BCUT2D eigenvalue weighted by molar-refractivity contribution is 7.48. The van der Waals surface area contributed by atoms with Crippen LogP contribution < -0.4 is 15.4 Å². The van der Waals surface area contributed by atoms with Crippen LogP contribution in [0.25, 0.3) is 0 Å². The molecule has 3 aliphatic rings. The van der Waals surface area contributed by atoms with E-state index in [1.807, 2.05) is 84.9 Å². The first kappa shape index (κ1) is 36.7. The smallest absolute Gasteiger partial charge is 0.478 e. The van der Waals surface area contributed by atoms with Crippen molar-refractivity contribution >= 4 is 19.8 Å². The van der Waals surface area contributed by atoms with Gasteiger partial charge in [0.1, 0.15) is 23.6 Å². The molecule has 3 aromatic carbocycles. The predicted octanol–water partition coefficient (Wildman–Crippen LogP) is 6.37. The lowest BCUT2D eigenvalue weighted by atomic mass is 9.76. The molecule has 0 saturated carbocycles. The van der Waals surface area contributed by atoms with Crippen molar-refractivity contribution in [3.63, 3.8) is 0 Å². The van der Waals surface area contributed by atoms with Crippen LogP contribution in [0.1, 0.15) is 50.8 Å². The van der Waals surface area contributed by atoms with E-state index >= 15 is 4.39 Å². The molecule has 2 amide bonds. The number of ether oxygens (including phenoxy) is 3. The number of phosphoric ester groups is 1. The highest BCUT2D eigenvalue weighted by atomic mass is 31.2. The van der Waals surface area contributed by atoms with E-state index in [-0.39, 0.29) is 13.0 Å². The van der Waals surface area contributed by atoms with Crippen molar-refractivity contribution in [1.82, 2.24) is 15.5 Å². The summed E-state index contributed by atoms with van der Waals surface area (Å²) in [6.45, 7) is 5.65. The zero-order valence-electron chi connectivity index (χ0n) is 29.1. The summed E-state index contributed by atoms with van der Waals surface area (Å²) >= 11 is 0. The Morgan fingerprint density at radius 1 is 1.02 bits per heavy atom. The average Bonchev–Trinajstić information content (AvgIpc) is 3.42. The number of urea groups is 1. The van der Waals surface area contributed by atoms with Crippen LogP contribution >= 0.6 is 7.82 Å². The number of fused-ring (bicyclic) bond motifs is 1. The fourth-order valence-corrected chi connectivity index (χ4v) is 7.79. The second-order valence-electron chi connectivity index (χ2n) is 13.6. The van der Waals surface area contributed by atoms with Gasteiger partial charge in [0, 0.05) is 6.20 Å². The predicted molar refractivity (Wildman–Crippen MR) is 185 cm³/mol. The monoisotopic (exact) mass is 723 g/mol. The van der Waals surface area contributed by atoms with Crippen molar-refractivity contribution in [3.8, 4) is 5.75 Å². The zero-order chi connectivity index (χ0) is 36.4. The van der Waals surface area contributed by atoms with E-state index in [0.29, 0.717) is 5.75 Å². The Morgan fingerprint density at radius 2 is 1.63 bits per heavy atom. The Hall–Kier alpha value is -4.10. The van der Waals surface area contributed by atoms with Crippen molar-refractivity contribution in [2.75, 3.05) is 20.5 Å². The number of amides is 2. The van der Waals surface area contributed by atoms with Crippen LogP contribution in [0.3, 0.4) is 0 Å². The van der Waals surface area contributed by atoms with E-state index in [1.165, 1.54) is 6.20 Å². The molecule has 12 nitrogen and oxygen atoms in total. The summed E-state index contributed by atoms with van der Waals surface area (Å²) in [5.74, 6) is 0.102. The van der Waals surface area contributed by atoms with Gasteiger partial charge in [-0.15, -0.1) is 0 Å². The topological polar surface area (TPSA) is 134 Å². The van der Waals surface area contributed by atoms with Crippen LogP contribution in [0.2, 0.25) is 0 Å². The molecule has 2 fully saturated rings. The van der Waals surface area contributed by atoms with Crippen molar-refractivity contribution in [1.29, 1.82) is 0 Å². The molecule has 0 aromatic heterocycles. The first-order valence-corrected chi connectivity index (χ1v) is 18.2. The van der Waals surface area contributed by atoms with Crippen molar-refractivity contribution in [2.45, 2.75) is 69.9 Å². The first-order valence-electron chi connectivity index (χ1n) is 16.7. The first-order chi connectivity index (χ1) is 24.3. The van der Waals surface area contributed by atoms with E-state index in [9.17, 15) is 14.2 Å². The third-order valence-electron chi connectivity index (χ3n) is 9.29. The Morgan fingerprint density at radius 3 is 2.18 bits per heavy atom. The molecule has 272 valence electrons. The van der Waals surface area contributed by atoms with Crippen molar-refractivity contribution in [3.05, 3.63) is 114 Å². The molecule has 0 spiro atoms. The van der Waals surface area contributed by atoms with Gasteiger partial charge in [0.15, 0.2) is 12.4 Å². The van der Waals surface area contributed by atoms with Gasteiger partial charge in [-0.1, -0.05) is 79.7 Å². The number of methoxy groups -OCH3 is 1. The van der Waals surface area contributed by atoms with Crippen molar-refractivity contribution in [2.24, 2.45) is 5.41 Å². The number of halogens is 1. The Balaban J connectivity index is 1.25. The Labute approximate surface area is 296 Å². The molecule has 3 heterocycles. The normalized spacial score (nSPS) is 27.8. The van der Waals surface area contributed by atoms with Crippen LogP contribution in [0.15, 0.2) is 97.2 Å². The number of hydrogen-bond acceptors (Lipinski definition) is 10. The molecule has 14 heteroatoms. The van der Waals surface area contributed by atoms with E-state index in [0.717, 1.165) is 21.6 Å². The lowest BCUT2D eigenvalue weighted by Crippen LogP contribution is -2.60. The molecular formula is C37H43FN3O9P. The number of carbonyl (C=O) groups is 2. The van der Waals surface area contributed by atoms with Crippen LogP contribution in [0, 0.1) is 5.41 Å². The lowest BCUT2D eigenvalue weighted by molar-refractivity contribution is -0.168. The van der Waals surface area contributed by atoms with Crippen molar-refractivity contribution < 1.29 is 46.3 Å². The van der Waals surface area contributed by atoms with Gasteiger partial charge in [-0.05, 0) is 62.1 Å². The molecule has 6 atom stereocenters. The van der Waals surface area contributed by atoms with Gasteiger partial charge in [-0.3, -0.25) is 24.1 Å². The fourth-order valence-electron chi connectivity index (χ4n) is 6.45. The van der Waals surface area contributed by atoms with Crippen LogP contribution in [-0.4, -0.2) is 67.7 Å². The third kappa shape index (κ3) is 7.19. The molecule has 2 N–H and O–H groups in total. The summed E-state index contributed by atoms with van der Waals surface area (Å²) in [6, 6.07) is 26.8. The number of alkyl halides is 1. The minimum absolute atomic E-state index is 0.218. The maximum Gasteiger partial charge on any atom is 0.478 e. The number of carbonyl (C=O) groups excluding carboxylic acids is 2. The number of nitrogens with zero attached hydrogens (tertiary/aromatic N) is 1. The second-order valence-corrected chi connectivity index (χ2v) is 15.2. The summed E-state index contributed by atoms with van der Waals surface area (Å²) in [4.78, 5) is 27.0. The highest BCUT2D eigenvalue weighted by Crippen LogP contribution is 2.60. The number of hydrogen-bond donors (Lipinski definition) is 2. The molecule has 51 heavy (non-hydrogen) atoms. The molecule has 0 aliphatic carbocycles. The maximum atomic E-state index is 16.3. The van der Waals surface area contributed by atoms with Gasteiger partial charge in [-0.25, -0.2) is 18.3 Å². The lowest BCUT2D eigenvalue weighted by Gasteiger charge is -2.41. The summed E-state index contributed by atoms with van der Waals surface area (Å²) in [5.41, 5.74) is -0.408. The van der Waals surface area contributed by atoms with E-state index < -0.39 is 67.8 Å². The Bertz CT molecular complexity index is 1730. The van der Waals surface area contributed by atoms with Crippen LogP contribution in [-0.2, 0) is 37.9 Å². The molecule has 0 radical (unpaired) electrons.